The lowest BCUT2D eigenvalue weighted by Gasteiger charge is -2.35. The zero-order chi connectivity index (χ0) is 13.1. The Kier molecular flexibility index (Phi) is 6.60. The lowest BCUT2D eigenvalue weighted by molar-refractivity contribution is 0.0622. The average molecular weight is 368 g/mol. The number of piperidine rings is 1. The summed E-state index contributed by atoms with van der Waals surface area (Å²) in [6.07, 6.45) is 3.17. The standard InChI is InChI=1S/C13H16BrClN2O.ClH/c14-12-5-4-9(15)7-11(12)13(18)17-6-2-1-3-10(17)8-16;/h4-5,7,10H,1-3,6,8,16H2;1H. The van der Waals surface area contributed by atoms with Gasteiger partial charge in [-0.15, -0.1) is 12.4 Å². The largest absolute Gasteiger partial charge is 0.334 e. The van der Waals surface area contributed by atoms with Crippen LogP contribution in [0.5, 0.6) is 0 Å². The van der Waals surface area contributed by atoms with Crippen molar-refractivity contribution < 1.29 is 4.79 Å². The third kappa shape index (κ3) is 3.85. The predicted octanol–water partition coefficient (Wildman–Crippen LogP) is 3.48. The Morgan fingerprint density at radius 1 is 1.47 bits per heavy atom. The van der Waals surface area contributed by atoms with Crippen molar-refractivity contribution in [3.8, 4) is 0 Å². The van der Waals surface area contributed by atoms with Gasteiger partial charge in [0.15, 0.2) is 0 Å². The first kappa shape index (κ1) is 16.8. The first-order valence-electron chi connectivity index (χ1n) is 6.09. The summed E-state index contributed by atoms with van der Waals surface area (Å²) in [7, 11) is 0. The fourth-order valence-electron chi connectivity index (χ4n) is 2.33. The second-order valence-electron chi connectivity index (χ2n) is 4.51. The lowest BCUT2D eigenvalue weighted by Crippen LogP contribution is -2.47. The van der Waals surface area contributed by atoms with Crippen LogP contribution < -0.4 is 5.73 Å². The molecule has 2 rings (SSSR count). The van der Waals surface area contributed by atoms with E-state index in [9.17, 15) is 4.79 Å². The van der Waals surface area contributed by atoms with Crippen LogP contribution >= 0.6 is 39.9 Å². The fourth-order valence-corrected chi connectivity index (χ4v) is 2.92. The van der Waals surface area contributed by atoms with Gasteiger partial charge in [-0.2, -0.15) is 0 Å². The highest BCUT2D eigenvalue weighted by Gasteiger charge is 2.27. The molecule has 1 saturated heterocycles. The number of likely N-dealkylation sites (tertiary alicyclic amines) is 1. The zero-order valence-corrected chi connectivity index (χ0v) is 13.6. The van der Waals surface area contributed by atoms with Crippen LogP contribution in [-0.4, -0.2) is 29.9 Å². The summed E-state index contributed by atoms with van der Waals surface area (Å²) in [4.78, 5) is 14.4. The molecule has 1 aliphatic rings. The molecule has 0 aromatic heterocycles. The summed E-state index contributed by atoms with van der Waals surface area (Å²) in [5.41, 5.74) is 6.36. The summed E-state index contributed by atoms with van der Waals surface area (Å²) in [5, 5.41) is 0.572. The number of hydrogen-bond donors (Lipinski definition) is 1. The van der Waals surface area contributed by atoms with Gasteiger partial charge in [0, 0.05) is 28.6 Å². The lowest BCUT2D eigenvalue weighted by atomic mass is 10.0. The van der Waals surface area contributed by atoms with Gasteiger partial charge in [-0.05, 0) is 53.4 Å². The van der Waals surface area contributed by atoms with Crippen molar-refractivity contribution in [2.75, 3.05) is 13.1 Å². The normalized spacial score (nSPS) is 18.9. The van der Waals surface area contributed by atoms with E-state index in [-0.39, 0.29) is 24.4 Å². The number of carbonyl (C=O) groups is 1. The highest BCUT2D eigenvalue weighted by molar-refractivity contribution is 9.10. The van der Waals surface area contributed by atoms with E-state index in [1.165, 1.54) is 0 Å². The van der Waals surface area contributed by atoms with Gasteiger partial charge in [-0.25, -0.2) is 0 Å². The maximum Gasteiger partial charge on any atom is 0.255 e. The molecule has 0 spiro atoms. The molecule has 0 saturated carbocycles. The fraction of sp³-hybridized carbons (Fsp3) is 0.462. The van der Waals surface area contributed by atoms with Crippen molar-refractivity contribution in [1.29, 1.82) is 0 Å². The van der Waals surface area contributed by atoms with Crippen LogP contribution in [-0.2, 0) is 0 Å². The Hall–Kier alpha value is -0.290. The van der Waals surface area contributed by atoms with E-state index < -0.39 is 0 Å². The molecule has 6 heteroatoms. The number of nitrogens with two attached hydrogens (primary N) is 1. The average Bonchev–Trinajstić information content (AvgIpc) is 2.40. The Bertz CT molecular complexity index is 456. The summed E-state index contributed by atoms with van der Waals surface area (Å²) in [6.45, 7) is 1.30. The van der Waals surface area contributed by atoms with E-state index in [1.807, 2.05) is 4.90 Å². The number of hydrogen-bond acceptors (Lipinski definition) is 2. The quantitative estimate of drug-likeness (QED) is 0.869. The van der Waals surface area contributed by atoms with E-state index in [4.69, 9.17) is 17.3 Å². The van der Waals surface area contributed by atoms with Crippen molar-refractivity contribution in [1.82, 2.24) is 4.90 Å². The maximum absolute atomic E-state index is 12.5. The molecule has 1 heterocycles. The molecule has 3 nitrogen and oxygen atoms in total. The number of nitrogens with zero attached hydrogens (tertiary/aromatic N) is 1. The number of benzene rings is 1. The van der Waals surface area contributed by atoms with E-state index in [2.05, 4.69) is 15.9 Å². The van der Waals surface area contributed by atoms with Gasteiger partial charge in [0.05, 0.1) is 5.56 Å². The van der Waals surface area contributed by atoms with Crippen molar-refractivity contribution in [3.63, 3.8) is 0 Å². The van der Waals surface area contributed by atoms with E-state index >= 15 is 0 Å². The van der Waals surface area contributed by atoms with Crippen LogP contribution in [0.4, 0.5) is 0 Å². The molecule has 1 atom stereocenters. The molecule has 0 radical (unpaired) electrons. The number of carbonyl (C=O) groups excluding carboxylic acids is 1. The molecule has 1 aliphatic heterocycles. The molecule has 0 aliphatic carbocycles. The molecule has 1 aromatic carbocycles. The van der Waals surface area contributed by atoms with Crippen molar-refractivity contribution in [2.24, 2.45) is 5.73 Å². The van der Waals surface area contributed by atoms with Gasteiger partial charge >= 0.3 is 0 Å². The molecule has 19 heavy (non-hydrogen) atoms. The van der Waals surface area contributed by atoms with Crippen LogP contribution in [0.1, 0.15) is 29.6 Å². The van der Waals surface area contributed by atoms with Crippen molar-refractivity contribution >= 4 is 45.8 Å². The Morgan fingerprint density at radius 2 is 2.21 bits per heavy atom. The third-order valence-electron chi connectivity index (χ3n) is 3.32. The van der Waals surface area contributed by atoms with E-state index in [1.54, 1.807) is 18.2 Å². The van der Waals surface area contributed by atoms with Crippen LogP contribution in [0, 0.1) is 0 Å². The van der Waals surface area contributed by atoms with Crippen LogP contribution in [0.2, 0.25) is 5.02 Å². The van der Waals surface area contributed by atoms with E-state index in [0.29, 0.717) is 17.1 Å². The minimum Gasteiger partial charge on any atom is -0.334 e. The second-order valence-corrected chi connectivity index (χ2v) is 5.80. The van der Waals surface area contributed by atoms with Crippen molar-refractivity contribution in [2.45, 2.75) is 25.3 Å². The molecule has 1 unspecified atom stereocenters. The Balaban J connectivity index is 0.00000180. The minimum atomic E-state index is 0. The number of rotatable bonds is 2. The van der Waals surface area contributed by atoms with Gasteiger partial charge in [0.1, 0.15) is 0 Å². The molecule has 1 aromatic rings. The third-order valence-corrected chi connectivity index (χ3v) is 4.25. The van der Waals surface area contributed by atoms with Crippen LogP contribution in [0.3, 0.4) is 0 Å². The van der Waals surface area contributed by atoms with Crippen LogP contribution in [0.25, 0.3) is 0 Å². The maximum atomic E-state index is 12.5. The Morgan fingerprint density at radius 3 is 2.89 bits per heavy atom. The van der Waals surface area contributed by atoms with Crippen LogP contribution in [0.15, 0.2) is 22.7 Å². The molecule has 1 fully saturated rings. The van der Waals surface area contributed by atoms with Gasteiger partial charge in [-0.3, -0.25) is 4.79 Å². The van der Waals surface area contributed by atoms with Gasteiger partial charge in [0.2, 0.25) is 0 Å². The topological polar surface area (TPSA) is 46.3 Å². The van der Waals surface area contributed by atoms with E-state index in [0.717, 1.165) is 30.3 Å². The first-order valence-corrected chi connectivity index (χ1v) is 7.26. The molecular weight excluding hydrogens is 351 g/mol. The van der Waals surface area contributed by atoms with Gasteiger partial charge < -0.3 is 10.6 Å². The summed E-state index contributed by atoms with van der Waals surface area (Å²) < 4.78 is 0.776. The first-order chi connectivity index (χ1) is 8.63. The molecule has 2 N–H and O–H groups in total. The molecule has 1 amide bonds. The highest BCUT2D eigenvalue weighted by Crippen LogP contribution is 2.25. The summed E-state index contributed by atoms with van der Waals surface area (Å²) in [6, 6.07) is 5.42. The summed E-state index contributed by atoms with van der Waals surface area (Å²) >= 11 is 9.36. The summed E-state index contributed by atoms with van der Waals surface area (Å²) in [5.74, 6) is 0.0134. The SMILES string of the molecule is Cl.NCC1CCCCN1C(=O)c1cc(Cl)ccc1Br. The molecule has 106 valence electrons. The molecule has 0 bridgehead atoms. The minimum absolute atomic E-state index is 0. The molecular formula is C13H17BrCl2N2O. The zero-order valence-electron chi connectivity index (χ0n) is 10.4. The van der Waals surface area contributed by atoms with Gasteiger partial charge in [0.25, 0.3) is 5.91 Å². The smallest absolute Gasteiger partial charge is 0.255 e. The van der Waals surface area contributed by atoms with Gasteiger partial charge in [-0.1, -0.05) is 11.6 Å². The second kappa shape index (κ2) is 7.48. The Labute approximate surface area is 133 Å². The number of halogens is 3. The monoisotopic (exact) mass is 366 g/mol. The van der Waals surface area contributed by atoms with Crippen molar-refractivity contribution in [3.05, 3.63) is 33.3 Å². The number of amides is 1. The predicted molar refractivity (Wildman–Crippen MR) is 84.1 cm³/mol. The highest BCUT2D eigenvalue weighted by atomic mass is 79.9.